The second-order valence-corrected chi connectivity index (χ2v) is 4.98. The molecule has 0 aliphatic rings. The number of carbonyl (C=O) groups is 1. The normalized spacial score (nSPS) is 9.62. The fourth-order valence-corrected chi connectivity index (χ4v) is 2.07. The molecular formula is C18H16ClNO. The Morgan fingerprint density at radius 3 is 2.57 bits per heavy atom. The van der Waals surface area contributed by atoms with Gasteiger partial charge in [0.1, 0.15) is 0 Å². The summed E-state index contributed by atoms with van der Waals surface area (Å²) < 4.78 is 0. The van der Waals surface area contributed by atoms with Crippen molar-refractivity contribution in [2.45, 2.75) is 19.8 Å². The molecule has 0 aromatic heterocycles. The molecular weight excluding hydrogens is 282 g/mol. The van der Waals surface area contributed by atoms with Crippen molar-refractivity contribution in [1.82, 2.24) is 0 Å². The Balaban J connectivity index is 2.30. The zero-order valence-corrected chi connectivity index (χ0v) is 12.6. The largest absolute Gasteiger partial charge is 0.324 e. The van der Waals surface area contributed by atoms with Crippen molar-refractivity contribution in [1.29, 1.82) is 0 Å². The lowest BCUT2D eigenvalue weighted by atomic mass is 10.1. The van der Waals surface area contributed by atoms with Gasteiger partial charge in [0.15, 0.2) is 0 Å². The number of carbonyl (C=O) groups excluding carboxylic acids is 1. The topological polar surface area (TPSA) is 29.1 Å². The molecule has 1 amide bonds. The number of para-hydroxylation sites is 1. The second kappa shape index (κ2) is 7.52. The Morgan fingerprint density at radius 1 is 1.10 bits per heavy atom. The summed E-state index contributed by atoms with van der Waals surface area (Å²) in [5, 5.41) is 3.34. The van der Waals surface area contributed by atoms with Gasteiger partial charge in [-0.1, -0.05) is 54.6 Å². The number of hydrogen-bond acceptors (Lipinski definition) is 1. The van der Waals surface area contributed by atoms with Crippen LogP contribution in [0.3, 0.4) is 0 Å². The van der Waals surface area contributed by atoms with Crippen LogP contribution in [0, 0.1) is 11.8 Å². The molecule has 106 valence electrons. The molecule has 0 aliphatic carbocycles. The predicted molar refractivity (Wildman–Crippen MR) is 87.4 cm³/mol. The molecule has 0 bridgehead atoms. The summed E-state index contributed by atoms with van der Waals surface area (Å²) in [4.78, 5) is 11.8. The third kappa shape index (κ3) is 4.37. The van der Waals surface area contributed by atoms with E-state index in [-0.39, 0.29) is 5.91 Å². The van der Waals surface area contributed by atoms with Crippen LogP contribution in [0.2, 0.25) is 5.02 Å². The Kier molecular flexibility index (Phi) is 5.43. The van der Waals surface area contributed by atoms with Crippen molar-refractivity contribution in [3.63, 3.8) is 0 Å². The van der Waals surface area contributed by atoms with Gasteiger partial charge in [-0.3, -0.25) is 4.79 Å². The summed E-state index contributed by atoms with van der Waals surface area (Å²) in [6.07, 6.45) is 1.26. The summed E-state index contributed by atoms with van der Waals surface area (Å²) >= 11 is 6.17. The van der Waals surface area contributed by atoms with Crippen LogP contribution in [0.15, 0.2) is 48.5 Å². The maximum Gasteiger partial charge on any atom is 0.224 e. The van der Waals surface area contributed by atoms with E-state index in [0.29, 0.717) is 17.1 Å². The number of amides is 1. The lowest BCUT2D eigenvalue weighted by molar-refractivity contribution is -0.116. The zero-order valence-electron chi connectivity index (χ0n) is 11.8. The molecule has 21 heavy (non-hydrogen) atoms. The van der Waals surface area contributed by atoms with Gasteiger partial charge < -0.3 is 5.32 Å². The first-order chi connectivity index (χ1) is 10.2. The third-order valence-electron chi connectivity index (χ3n) is 2.87. The van der Waals surface area contributed by atoms with Crippen LogP contribution < -0.4 is 5.32 Å². The molecule has 0 fully saturated rings. The van der Waals surface area contributed by atoms with Gasteiger partial charge in [0, 0.05) is 17.5 Å². The van der Waals surface area contributed by atoms with Gasteiger partial charge in [-0.25, -0.2) is 0 Å². The average molecular weight is 298 g/mol. The van der Waals surface area contributed by atoms with Crippen LogP contribution in [0.1, 0.15) is 30.9 Å². The van der Waals surface area contributed by atoms with Crippen molar-refractivity contribution < 1.29 is 4.79 Å². The van der Waals surface area contributed by atoms with Crippen molar-refractivity contribution in [2.75, 3.05) is 5.32 Å². The first-order valence-electron chi connectivity index (χ1n) is 6.86. The molecule has 0 spiro atoms. The highest BCUT2D eigenvalue weighted by Crippen LogP contribution is 2.25. The van der Waals surface area contributed by atoms with Gasteiger partial charge in [-0.2, -0.15) is 0 Å². The first-order valence-corrected chi connectivity index (χ1v) is 7.24. The van der Waals surface area contributed by atoms with Crippen LogP contribution in [-0.4, -0.2) is 5.91 Å². The molecule has 2 aromatic carbocycles. The third-order valence-corrected chi connectivity index (χ3v) is 3.19. The van der Waals surface area contributed by atoms with Gasteiger partial charge in [-0.05, 0) is 30.7 Å². The molecule has 0 saturated heterocycles. The van der Waals surface area contributed by atoms with E-state index in [1.807, 2.05) is 49.4 Å². The van der Waals surface area contributed by atoms with Gasteiger partial charge in [0.25, 0.3) is 0 Å². The molecule has 2 rings (SSSR count). The summed E-state index contributed by atoms with van der Waals surface area (Å²) in [6, 6.07) is 15.1. The molecule has 0 aliphatic heterocycles. The predicted octanol–water partition coefficient (Wildman–Crippen LogP) is 4.48. The monoisotopic (exact) mass is 297 g/mol. The average Bonchev–Trinajstić information content (AvgIpc) is 2.49. The molecule has 1 N–H and O–H groups in total. The highest BCUT2D eigenvalue weighted by atomic mass is 35.5. The van der Waals surface area contributed by atoms with E-state index in [0.717, 1.165) is 17.5 Å². The van der Waals surface area contributed by atoms with E-state index in [1.54, 1.807) is 6.07 Å². The number of hydrogen-bond donors (Lipinski definition) is 1. The SMILES string of the molecule is CCCC(=O)Nc1c(Cl)cccc1C#Cc1ccccc1. The molecule has 0 saturated carbocycles. The minimum absolute atomic E-state index is 0.0478. The van der Waals surface area contributed by atoms with E-state index in [2.05, 4.69) is 17.2 Å². The fraction of sp³-hybridized carbons (Fsp3) is 0.167. The van der Waals surface area contributed by atoms with Crippen LogP contribution >= 0.6 is 11.6 Å². The van der Waals surface area contributed by atoms with Crippen molar-refractivity contribution in [3.05, 3.63) is 64.7 Å². The highest BCUT2D eigenvalue weighted by Gasteiger charge is 2.08. The molecule has 3 heteroatoms. The number of benzene rings is 2. The molecule has 0 atom stereocenters. The maximum atomic E-state index is 11.8. The van der Waals surface area contributed by atoms with Crippen LogP contribution in [0.5, 0.6) is 0 Å². The van der Waals surface area contributed by atoms with Gasteiger partial charge >= 0.3 is 0 Å². The van der Waals surface area contributed by atoms with E-state index in [9.17, 15) is 4.79 Å². The second-order valence-electron chi connectivity index (χ2n) is 4.58. The summed E-state index contributed by atoms with van der Waals surface area (Å²) in [6.45, 7) is 1.96. The van der Waals surface area contributed by atoms with Crippen molar-refractivity contribution in [2.24, 2.45) is 0 Å². The Morgan fingerprint density at radius 2 is 1.86 bits per heavy atom. The molecule has 2 aromatic rings. The van der Waals surface area contributed by atoms with E-state index >= 15 is 0 Å². The molecule has 0 radical (unpaired) electrons. The van der Waals surface area contributed by atoms with Gasteiger partial charge in [0.2, 0.25) is 5.91 Å². The Bertz CT molecular complexity index is 683. The van der Waals surface area contributed by atoms with Crippen LogP contribution in [0.25, 0.3) is 0 Å². The maximum absolute atomic E-state index is 11.8. The molecule has 2 nitrogen and oxygen atoms in total. The Hall–Kier alpha value is -2.24. The summed E-state index contributed by atoms with van der Waals surface area (Å²) in [5.74, 6) is 6.09. The molecule has 0 unspecified atom stereocenters. The first kappa shape index (κ1) is 15.2. The number of nitrogens with one attached hydrogen (secondary N) is 1. The quantitative estimate of drug-likeness (QED) is 0.832. The van der Waals surface area contributed by atoms with E-state index < -0.39 is 0 Å². The molecule has 0 heterocycles. The van der Waals surface area contributed by atoms with Crippen LogP contribution in [0.4, 0.5) is 5.69 Å². The van der Waals surface area contributed by atoms with Crippen LogP contribution in [-0.2, 0) is 4.79 Å². The number of rotatable bonds is 3. The van der Waals surface area contributed by atoms with Crippen molar-refractivity contribution >= 4 is 23.2 Å². The minimum atomic E-state index is -0.0478. The lowest BCUT2D eigenvalue weighted by Gasteiger charge is -2.08. The Labute approximate surface area is 130 Å². The number of halogens is 1. The van der Waals surface area contributed by atoms with E-state index in [1.165, 1.54) is 0 Å². The summed E-state index contributed by atoms with van der Waals surface area (Å²) in [7, 11) is 0. The van der Waals surface area contributed by atoms with E-state index in [4.69, 9.17) is 11.6 Å². The lowest BCUT2D eigenvalue weighted by Crippen LogP contribution is -2.12. The van der Waals surface area contributed by atoms with Gasteiger partial charge in [0.05, 0.1) is 10.7 Å². The fourth-order valence-electron chi connectivity index (χ4n) is 1.85. The van der Waals surface area contributed by atoms with Crippen molar-refractivity contribution in [3.8, 4) is 11.8 Å². The standard InChI is InChI=1S/C18H16ClNO/c1-2-7-17(21)20-18-15(10-6-11-16(18)19)13-12-14-8-4-3-5-9-14/h3-6,8-11H,2,7H2,1H3,(H,20,21). The minimum Gasteiger partial charge on any atom is -0.324 e. The van der Waals surface area contributed by atoms with Gasteiger partial charge in [-0.15, -0.1) is 0 Å². The summed E-state index contributed by atoms with van der Waals surface area (Å²) in [5.41, 5.74) is 2.22. The smallest absolute Gasteiger partial charge is 0.224 e. The number of anilines is 1. The zero-order chi connectivity index (χ0) is 15.1. The highest BCUT2D eigenvalue weighted by molar-refractivity contribution is 6.34.